The molecule has 1 saturated carbocycles. The molecule has 0 amide bonds. The topological polar surface area (TPSA) is 98.8 Å². The van der Waals surface area contributed by atoms with E-state index >= 15 is 0 Å². The number of benzene rings is 1. The molecule has 122 valence electrons. The van der Waals surface area contributed by atoms with Gasteiger partial charge in [0.15, 0.2) is 0 Å². The highest BCUT2D eigenvalue weighted by molar-refractivity contribution is 5.99. The molecule has 0 atom stereocenters. The summed E-state index contributed by atoms with van der Waals surface area (Å²) in [7, 11) is 0. The van der Waals surface area contributed by atoms with Gasteiger partial charge in [-0.05, 0) is 25.0 Å². The van der Waals surface area contributed by atoms with Crippen LogP contribution in [0.25, 0.3) is 10.8 Å². The van der Waals surface area contributed by atoms with Crippen LogP contribution in [-0.2, 0) is 6.42 Å². The molecule has 24 heavy (non-hydrogen) atoms. The largest absolute Gasteiger partial charge is 0.384 e. The van der Waals surface area contributed by atoms with Crippen LogP contribution in [0.4, 0.5) is 11.4 Å². The van der Waals surface area contributed by atoms with Crippen LogP contribution in [0.5, 0.6) is 0 Å². The van der Waals surface area contributed by atoms with E-state index in [0.717, 1.165) is 23.3 Å². The van der Waals surface area contributed by atoms with Crippen molar-refractivity contribution in [1.29, 1.82) is 0 Å². The minimum Gasteiger partial charge on any atom is -0.384 e. The van der Waals surface area contributed by atoms with Crippen molar-refractivity contribution < 1.29 is 4.92 Å². The molecule has 0 spiro atoms. The molecule has 4 rings (SSSR count). The second kappa shape index (κ2) is 5.88. The molecular formula is C16H16N6O2. The highest BCUT2D eigenvalue weighted by Gasteiger charge is 2.25. The van der Waals surface area contributed by atoms with Gasteiger partial charge in [0.2, 0.25) is 0 Å². The second-order valence-corrected chi connectivity index (χ2v) is 5.87. The lowest BCUT2D eigenvalue weighted by molar-refractivity contribution is -0.383. The SMILES string of the molecule is O=[N+]([O-])c1ccc(NCCc2nncn2C2CC2)c2ccncc12. The molecule has 1 N–H and O–H groups in total. The van der Waals surface area contributed by atoms with E-state index in [9.17, 15) is 10.1 Å². The number of hydrogen-bond donors (Lipinski definition) is 1. The van der Waals surface area contributed by atoms with Gasteiger partial charge in [0.25, 0.3) is 5.69 Å². The van der Waals surface area contributed by atoms with Crippen molar-refractivity contribution in [2.45, 2.75) is 25.3 Å². The third-order valence-electron chi connectivity index (χ3n) is 4.24. The van der Waals surface area contributed by atoms with Gasteiger partial charge in [-0.1, -0.05) is 0 Å². The Labute approximate surface area is 137 Å². The number of nitro benzene ring substituents is 1. The van der Waals surface area contributed by atoms with Crippen LogP contribution >= 0.6 is 0 Å². The van der Waals surface area contributed by atoms with Gasteiger partial charge in [0, 0.05) is 48.5 Å². The molecule has 8 heteroatoms. The Morgan fingerprint density at radius 1 is 1.29 bits per heavy atom. The summed E-state index contributed by atoms with van der Waals surface area (Å²) in [5.74, 6) is 0.970. The Kier molecular flexibility index (Phi) is 3.56. The van der Waals surface area contributed by atoms with Crippen molar-refractivity contribution in [2.24, 2.45) is 0 Å². The number of hydrogen-bond acceptors (Lipinski definition) is 6. The van der Waals surface area contributed by atoms with Gasteiger partial charge >= 0.3 is 0 Å². The maximum absolute atomic E-state index is 11.1. The minimum absolute atomic E-state index is 0.0668. The summed E-state index contributed by atoms with van der Waals surface area (Å²) in [5, 5.41) is 24.0. The first-order valence-corrected chi connectivity index (χ1v) is 7.87. The van der Waals surface area contributed by atoms with E-state index in [4.69, 9.17) is 0 Å². The van der Waals surface area contributed by atoms with Gasteiger partial charge in [-0.25, -0.2) is 0 Å². The van der Waals surface area contributed by atoms with Gasteiger partial charge in [-0.2, -0.15) is 0 Å². The lowest BCUT2D eigenvalue weighted by Gasteiger charge is -2.10. The molecule has 1 aliphatic carbocycles. The van der Waals surface area contributed by atoms with Crippen molar-refractivity contribution in [3.8, 4) is 0 Å². The summed E-state index contributed by atoms with van der Waals surface area (Å²) in [6.07, 6.45) is 8.10. The van der Waals surface area contributed by atoms with Gasteiger partial charge in [-0.15, -0.1) is 10.2 Å². The summed E-state index contributed by atoms with van der Waals surface area (Å²) in [6.45, 7) is 0.681. The molecule has 2 aromatic heterocycles. The van der Waals surface area contributed by atoms with Crippen LogP contribution < -0.4 is 5.32 Å². The third-order valence-corrected chi connectivity index (χ3v) is 4.24. The number of fused-ring (bicyclic) bond motifs is 1. The van der Waals surface area contributed by atoms with E-state index in [0.29, 0.717) is 18.0 Å². The van der Waals surface area contributed by atoms with E-state index in [2.05, 4.69) is 25.1 Å². The molecule has 1 aromatic carbocycles. The van der Waals surface area contributed by atoms with Crippen molar-refractivity contribution in [1.82, 2.24) is 19.7 Å². The molecule has 1 fully saturated rings. The highest BCUT2D eigenvalue weighted by Crippen LogP contribution is 2.35. The second-order valence-electron chi connectivity index (χ2n) is 5.87. The lowest BCUT2D eigenvalue weighted by Crippen LogP contribution is -2.10. The zero-order valence-corrected chi connectivity index (χ0v) is 12.9. The number of pyridine rings is 1. The molecule has 0 aliphatic heterocycles. The van der Waals surface area contributed by atoms with Gasteiger partial charge in [-0.3, -0.25) is 15.1 Å². The Bertz CT molecular complexity index is 902. The number of nitrogens with one attached hydrogen (secondary N) is 1. The van der Waals surface area contributed by atoms with Crippen molar-refractivity contribution in [2.75, 3.05) is 11.9 Å². The van der Waals surface area contributed by atoms with Gasteiger partial charge < -0.3 is 9.88 Å². The van der Waals surface area contributed by atoms with Crippen molar-refractivity contribution in [3.05, 3.63) is 52.9 Å². The van der Waals surface area contributed by atoms with Gasteiger partial charge in [0.05, 0.1) is 10.3 Å². The monoisotopic (exact) mass is 324 g/mol. The molecule has 2 heterocycles. The maximum Gasteiger partial charge on any atom is 0.278 e. The molecular weight excluding hydrogens is 308 g/mol. The van der Waals surface area contributed by atoms with E-state index in [1.54, 1.807) is 24.7 Å². The number of anilines is 1. The predicted octanol–water partition coefficient (Wildman–Crippen LogP) is 2.72. The Hall–Kier alpha value is -3.03. The fourth-order valence-electron chi connectivity index (χ4n) is 2.90. The van der Waals surface area contributed by atoms with Crippen molar-refractivity contribution in [3.63, 3.8) is 0 Å². The third kappa shape index (κ3) is 2.66. The number of nitro groups is 1. The summed E-state index contributed by atoms with van der Waals surface area (Å²) in [4.78, 5) is 14.8. The molecule has 8 nitrogen and oxygen atoms in total. The van der Waals surface area contributed by atoms with E-state index in [-0.39, 0.29) is 10.6 Å². The van der Waals surface area contributed by atoms with E-state index in [1.807, 2.05) is 0 Å². The summed E-state index contributed by atoms with van der Waals surface area (Å²) in [6, 6.07) is 5.60. The molecule has 3 aromatic rings. The van der Waals surface area contributed by atoms with Crippen LogP contribution in [0, 0.1) is 10.1 Å². The normalized spacial score (nSPS) is 14.0. The zero-order valence-electron chi connectivity index (χ0n) is 12.9. The van der Waals surface area contributed by atoms with Crippen LogP contribution in [0.1, 0.15) is 24.7 Å². The average molecular weight is 324 g/mol. The van der Waals surface area contributed by atoms with E-state index < -0.39 is 0 Å². The number of aromatic nitrogens is 4. The fourth-order valence-corrected chi connectivity index (χ4v) is 2.90. The molecule has 0 radical (unpaired) electrons. The Morgan fingerprint density at radius 2 is 2.17 bits per heavy atom. The predicted molar refractivity (Wildman–Crippen MR) is 88.9 cm³/mol. The zero-order chi connectivity index (χ0) is 16.5. The number of non-ortho nitro benzene ring substituents is 1. The fraction of sp³-hybridized carbons (Fsp3) is 0.312. The maximum atomic E-state index is 11.1. The van der Waals surface area contributed by atoms with Gasteiger partial charge in [0.1, 0.15) is 12.2 Å². The molecule has 0 bridgehead atoms. The molecule has 0 saturated heterocycles. The summed E-state index contributed by atoms with van der Waals surface area (Å²) in [5.41, 5.74) is 0.924. The average Bonchev–Trinajstić information content (AvgIpc) is 3.33. The number of nitrogens with zero attached hydrogens (tertiary/aromatic N) is 5. The Morgan fingerprint density at radius 3 is 2.96 bits per heavy atom. The number of rotatable bonds is 6. The minimum atomic E-state index is -0.383. The van der Waals surface area contributed by atoms with Crippen LogP contribution in [0.2, 0.25) is 0 Å². The lowest BCUT2D eigenvalue weighted by atomic mass is 10.1. The first kappa shape index (κ1) is 14.6. The van der Waals surface area contributed by atoms with Crippen molar-refractivity contribution >= 4 is 22.1 Å². The standard InChI is InChI=1S/C16H16N6O2/c23-22(24)15-4-3-14(12-5-7-17-9-13(12)15)18-8-6-16-20-19-10-21(16)11-1-2-11/h3-5,7,9-11,18H,1-2,6,8H2. The highest BCUT2D eigenvalue weighted by atomic mass is 16.6. The van der Waals surface area contributed by atoms with Crippen LogP contribution in [-0.4, -0.2) is 31.2 Å². The van der Waals surface area contributed by atoms with E-state index in [1.165, 1.54) is 25.1 Å². The Balaban J connectivity index is 1.53. The molecule has 1 aliphatic rings. The smallest absolute Gasteiger partial charge is 0.278 e. The quantitative estimate of drug-likeness (QED) is 0.553. The summed E-state index contributed by atoms with van der Waals surface area (Å²) >= 11 is 0. The molecule has 0 unspecified atom stereocenters. The first-order chi connectivity index (χ1) is 11.7. The summed E-state index contributed by atoms with van der Waals surface area (Å²) < 4.78 is 2.14. The first-order valence-electron chi connectivity index (χ1n) is 7.87. The van der Waals surface area contributed by atoms with Crippen LogP contribution in [0.15, 0.2) is 36.9 Å². The van der Waals surface area contributed by atoms with Crippen LogP contribution in [0.3, 0.4) is 0 Å².